The Kier molecular flexibility index (Phi) is 6.32. The standard InChI is InChI=1S/C14H23N3O3S/c1-12-7-5-6-8-14(12)11-17(13(2)18)10-9-15-21(19,20)16(3)4/h5-8,15H,9-11H2,1-4H3. The van der Waals surface area contributed by atoms with Crippen molar-refractivity contribution in [3.05, 3.63) is 35.4 Å². The van der Waals surface area contributed by atoms with E-state index in [0.29, 0.717) is 13.1 Å². The van der Waals surface area contributed by atoms with Crippen LogP contribution in [0.1, 0.15) is 18.1 Å². The molecule has 118 valence electrons. The molecule has 0 bridgehead atoms. The SMILES string of the molecule is CC(=O)N(CCNS(=O)(=O)N(C)C)Cc1ccccc1C. The Balaban J connectivity index is 2.64. The molecule has 0 aliphatic rings. The number of carbonyl (C=O) groups excluding carboxylic acids is 1. The van der Waals surface area contributed by atoms with Crippen LogP contribution in [0.2, 0.25) is 0 Å². The fourth-order valence-electron chi connectivity index (χ4n) is 1.78. The van der Waals surface area contributed by atoms with Crippen molar-refractivity contribution in [3.8, 4) is 0 Å². The first-order chi connectivity index (χ1) is 9.74. The Hall–Kier alpha value is -1.44. The van der Waals surface area contributed by atoms with E-state index in [2.05, 4.69) is 4.72 Å². The van der Waals surface area contributed by atoms with E-state index in [1.165, 1.54) is 21.0 Å². The van der Waals surface area contributed by atoms with Gasteiger partial charge in [-0.25, -0.2) is 4.72 Å². The molecule has 0 aliphatic carbocycles. The largest absolute Gasteiger partial charge is 0.337 e. The van der Waals surface area contributed by atoms with Crippen LogP contribution < -0.4 is 4.72 Å². The summed E-state index contributed by atoms with van der Waals surface area (Å²) in [6.45, 7) is 4.47. The number of hydrogen-bond acceptors (Lipinski definition) is 3. The highest BCUT2D eigenvalue weighted by molar-refractivity contribution is 7.87. The van der Waals surface area contributed by atoms with Gasteiger partial charge in [-0.2, -0.15) is 12.7 Å². The number of carbonyl (C=O) groups is 1. The maximum absolute atomic E-state index is 11.7. The Morgan fingerprint density at radius 1 is 1.24 bits per heavy atom. The molecule has 0 saturated heterocycles. The summed E-state index contributed by atoms with van der Waals surface area (Å²) in [7, 11) is -0.542. The Labute approximate surface area is 126 Å². The first-order valence-electron chi connectivity index (χ1n) is 6.71. The molecule has 1 amide bonds. The van der Waals surface area contributed by atoms with Gasteiger partial charge in [-0.1, -0.05) is 24.3 Å². The minimum atomic E-state index is -3.46. The number of aryl methyl sites for hydroxylation is 1. The van der Waals surface area contributed by atoms with Crippen molar-refractivity contribution in [2.75, 3.05) is 27.2 Å². The molecule has 0 fully saturated rings. The lowest BCUT2D eigenvalue weighted by Crippen LogP contribution is -2.41. The number of hydrogen-bond donors (Lipinski definition) is 1. The predicted octanol–water partition coefficient (Wildman–Crippen LogP) is 0.740. The molecule has 6 nitrogen and oxygen atoms in total. The summed E-state index contributed by atoms with van der Waals surface area (Å²) in [5.74, 6) is -0.0812. The number of amides is 1. The Morgan fingerprint density at radius 3 is 2.38 bits per heavy atom. The predicted molar refractivity (Wildman–Crippen MR) is 82.9 cm³/mol. The molecule has 1 aromatic rings. The summed E-state index contributed by atoms with van der Waals surface area (Å²) < 4.78 is 26.8. The highest BCUT2D eigenvalue weighted by Crippen LogP contribution is 2.10. The average Bonchev–Trinajstić information content (AvgIpc) is 2.39. The van der Waals surface area contributed by atoms with Gasteiger partial charge in [-0.15, -0.1) is 0 Å². The van der Waals surface area contributed by atoms with Gasteiger partial charge in [0.25, 0.3) is 10.2 Å². The van der Waals surface area contributed by atoms with Gasteiger partial charge >= 0.3 is 0 Å². The van der Waals surface area contributed by atoms with Crippen LogP contribution in [-0.4, -0.2) is 50.7 Å². The van der Waals surface area contributed by atoms with Gasteiger partial charge in [0.05, 0.1) is 0 Å². The minimum Gasteiger partial charge on any atom is -0.337 e. The van der Waals surface area contributed by atoms with Crippen LogP contribution in [0.4, 0.5) is 0 Å². The molecule has 1 aromatic carbocycles. The molecule has 7 heteroatoms. The fourth-order valence-corrected chi connectivity index (χ4v) is 2.39. The molecule has 21 heavy (non-hydrogen) atoms. The lowest BCUT2D eigenvalue weighted by molar-refractivity contribution is -0.129. The van der Waals surface area contributed by atoms with Crippen molar-refractivity contribution in [3.63, 3.8) is 0 Å². The molecular weight excluding hydrogens is 290 g/mol. The minimum absolute atomic E-state index is 0.0812. The van der Waals surface area contributed by atoms with Crippen LogP contribution in [0, 0.1) is 6.92 Å². The fraction of sp³-hybridized carbons (Fsp3) is 0.500. The van der Waals surface area contributed by atoms with Crippen molar-refractivity contribution in [2.45, 2.75) is 20.4 Å². The molecule has 0 spiro atoms. The van der Waals surface area contributed by atoms with Gasteiger partial charge in [0.1, 0.15) is 0 Å². The van der Waals surface area contributed by atoms with Crippen LogP contribution in [0.15, 0.2) is 24.3 Å². The highest BCUT2D eigenvalue weighted by atomic mass is 32.2. The zero-order valence-electron chi connectivity index (χ0n) is 13.0. The van der Waals surface area contributed by atoms with Gasteiger partial charge < -0.3 is 4.90 Å². The first kappa shape index (κ1) is 17.6. The summed E-state index contributed by atoms with van der Waals surface area (Å²) in [6.07, 6.45) is 0. The smallest absolute Gasteiger partial charge is 0.278 e. The van der Waals surface area contributed by atoms with E-state index in [1.54, 1.807) is 4.90 Å². The lowest BCUT2D eigenvalue weighted by Gasteiger charge is -2.23. The molecule has 0 saturated carbocycles. The zero-order valence-corrected chi connectivity index (χ0v) is 13.8. The van der Waals surface area contributed by atoms with Crippen LogP contribution in [-0.2, 0) is 21.5 Å². The van der Waals surface area contributed by atoms with E-state index in [1.807, 2.05) is 31.2 Å². The van der Waals surface area contributed by atoms with Crippen LogP contribution in [0.5, 0.6) is 0 Å². The number of nitrogens with zero attached hydrogens (tertiary/aromatic N) is 2. The van der Waals surface area contributed by atoms with E-state index < -0.39 is 10.2 Å². The number of benzene rings is 1. The van der Waals surface area contributed by atoms with E-state index in [0.717, 1.165) is 15.4 Å². The van der Waals surface area contributed by atoms with Crippen LogP contribution >= 0.6 is 0 Å². The molecule has 0 unspecified atom stereocenters. The van der Waals surface area contributed by atoms with E-state index in [4.69, 9.17) is 0 Å². The van der Waals surface area contributed by atoms with Crippen molar-refractivity contribution in [1.29, 1.82) is 0 Å². The molecule has 0 aliphatic heterocycles. The third kappa shape index (κ3) is 5.45. The van der Waals surface area contributed by atoms with Gasteiger partial charge in [0.2, 0.25) is 5.91 Å². The summed E-state index contributed by atoms with van der Waals surface area (Å²) in [4.78, 5) is 13.3. The molecular formula is C14H23N3O3S. The number of rotatable bonds is 7. The topological polar surface area (TPSA) is 69.7 Å². The number of nitrogens with one attached hydrogen (secondary N) is 1. The Morgan fingerprint density at radius 2 is 1.86 bits per heavy atom. The molecule has 0 aromatic heterocycles. The van der Waals surface area contributed by atoms with E-state index in [9.17, 15) is 13.2 Å². The second-order valence-corrected chi connectivity index (χ2v) is 7.02. The Bertz CT molecular complexity index is 585. The van der Waals surface area contributed by atoms with Crippen LogP contribution in [0.3, 0.4) is 0 Å². The first-order valence-corrected chi connectivity index (χ1v) is 8.15. The normalized spacial score (nSPS) is 11.7. The lowest BCUT2D eigenvalue weighted by atomic mass is 10.1. The summed E-state index contributed by atoms with van der Waals surface area (Å²) >= 11 is 0. The quantitative estimate of drug-likeness (QED) is 0.807. The van der Waals surface area contributed by atoms with Gasteiger partial charge in [0.15, 0.2) is 0 Å². The third-order valence-corrected chi connectivity index (χ3v) is 4.75. The molecule has 1 N–H and O–H groups in total. The van der Waals surface area contributed by atoms with E-state index >= 15 is 0 Å². The summed E-state index contributed by atoms with van der Waals surface area (Å²) in [6, 6.07) is 7.83. The monoisotopic (exact) mass is 313 g/mol. The summed E-state index contributed by atoms with van der Waals surface area (Å²) in [5.41, 5.74) is 2.17. The zero-order chi connectivity index (χ0) is 16.0. The second-order valence-electron chi connectivity index (χ2n) is 5.05. The molecule has 0 atom stereocenters. The average molecular weight is 313 g/mol. The molecule has 0 radical (unpaired) electrons. The summed E-state index contributed by atoms with van der Waals surface area (Å²) in [5, 5.41) is 0. The maximum atomic E-state index is 11.7. The van der Waals surface area contributed by atoms with Gasteiger partial charge in [0, 0.05) is 40.7 Å². The third-order valence-electron chi connectivity index (χ3n) is 3.21. The highest BCUT2D eigenvalue weighted by Gasteiger charge is 2.15. The van der Waals surface area contributed by atoms with Crippen molar-refractivity contribution < 1.29 is 13.2 Å². The molecule has 1 rings (SSSR count). The van der Waals surface area contributed by atoms with Crippen LogP contribution in [0.25, 0.3) is 0 Å². The second kappa shape index (κ2) is 7.53. The van der Waals surface area contributed by atoms with Crippen molar-refractivity contribution >= 4 is 16.1 Å². The maximum Gasteiger partial charge on any atom is 0.278 e. The van der Waals surface area contributed by atoms with Gasteiger partial charge in [-0.3, -0.25) is 4.79 Å². The van der Waals surface area contributed by atoms with E-state index in [-0.39, 0.29) is 12.5 Å². The van der Waals surface area contributed by atoms with Gasteiger partial charge in [-0.05, 0) is 18.1 Å². The molecule has 0 heterocycles. The van der Waals surface area contributed by atoms with Crippen molar-refractivity contribution in [1.82, 2.24) is 13.9 Å². The van der Waals surface area contributed by atoms with Crippen molar-refractivity contribution in [2.24, 2.45) is 0 Å².